The molecule has 8 heteroatoms. The van der Waals surface area contributed by atoms with Crippen LogP contribution in [-0.2, 0) is 25.4 Å². The number of aliphatic carboxylic acids is 1. The lowest BCUT2D eigenvalue weighted by atomic mass is 9.87. The predicted molar refractivity (Wildman–Crippen MR) is 162 cm³/mol. The van der Waals surface area contributed by atoms with Gasteiger partial charge in [0.05, 0.1) is 24.8 Å². The maximum absolute atomic E-state index is 13.9. The van der Waals surface area contributed by atoms with Crippen LogP contribution < -0.4 is 0 Å². The van der Waals surface area contributed by atoms with Gasteiger partial charge in [0, 0.05) is 30.4 Å². The molecule has 0 aliphatic carbocycles. The van der Waals surface area contributed by atoms with Gasteiger partial charge in [-0.3, -0.25) is 14.6 Å². The number of aromatic nitrogens is 1. The molecule has 0 bridgehead atoms. The number of carboxylic acids is 1. The number of ether oxygens (including phenoxy) is 1. The standard InChI is InChI=1S/C32H46FNO5Si/c1-20(2)30-26(16-15-24(35)17-25(18-28(36)37)39-40(9,10)32(5,6)7)29(22-11-13-23(33)14-12-22)27(19-38-8)31(34-30)21(3)4/h11-16,20-21,25H,17-19H2,1-10H3,(H,36,37)/b16-15+/t25-/m1/s1. The summed E-state index contributed by atoms with van der Waals surface area (Å²) >= 11 is 0. The number of halogens is 1. The molecule has 1 aromatic carbocycles. The maximum Gasteiger partial charge on any atom is 0.305 e. The zero-order valence-electron chi connectivity index (χ0n) is 25.7. The third kappa shape index (κ3) is 8.66. The fourth-order valence-corrected chi connectivity index (χ4v) is 5.77. The smallest absolute Gasteiger partial charge is 0.305 e. The predicted octanol–water partition coefficient (Wildman–Crippen LogP) is 8.12. The van der Waals surface area contributed by atoms with Crippen LogP contribution in [0.4, 0.5) is 4.39 Å². The van der Waals surface area contributed by atoms with Crippen LogP contribution in [-0.4, -0.2) is 43.4 Å². The molecule has 1 aromatic heterocycles. The highest BCUT2D eigenvalue weighted by Crippen LogP contribution is 2.39. The van der Waals surface area contributed by atoms with Gasteiger partial charge in [0.25, 0.3) is 0 Å². The molecule has 2 rings (SSSR count). The Balaban J connectivity index is 2.64. The van der Waals surface area contributed by atoms with Crippen molar-refractivity contribution in [1.29, 1.82) is 0 Å². The topological polar surface area (TPSA) is 85.7 Å². The second-order valence-electron chi connectivity index (χ2n) is 12.5. The Kier molecular flexibility index (Phi) is 11.6. The number of allylic oxidation sites excluding steroid dienone is 1. The van der Waals surface area contributed by atoms with Crippen molar-refractivity contribution in [3.63, 3.8) is 0 Å². The molecule has 1 N–H and O–H groups in total. The lowest BCUT2D eigenvalue weighted by Gasteiger charge is -2.38. The normalized spacial score (nSPS) is 13.4. The third-order valence-corrected chi connectivity index (χ3v) is 12.0. The van der Waals surface area contributed by atoms with Crippen molar-refractivity contribution in [2.45, 2.75) is 104 Å². The number of hydrogen-bond donors (Lipinski definition) is 1. The van der Waals surface area contributed by atoms with Gasteiger partial charge in [-0.1, -0.05) is 60.6 Å². The van der Waals surface area contributed by atoms with Crippen molar-refractivity contribution < 1.29 is 28.2 Å². The Labute approximate surface area is 240 Å². The molecule has 0 aliphatic rings. The first-order chi connectivity index (χ1) is 18.5. The third-order valence-electron chi connectivity index (χ3n) is 7.45. The summed E-state index contributed by atoms with van der Waals surface area (Å²) in [6, 6.07) is 6.30. The summed E-state index contributed by atoms with van der Waals surface area (Å²) in [7, 11) is -0.674. The number of hydrogen-bond acceptors (Lipinski definition) is 5. The summed E-state index contributed by atoms with van der Waals surface area (Å²) in [5.41, 5.74) is 5.05. The quantitative estimate of drug-likeness (QED) is 0.193. The van der Waals surface area contributed by atoms with Gasteiger partial charge in [-0.2, -0.15) is 0 Å². The molecule has 0 fully saturated rings. The number of carbonyl (C=O) groups is 2. The van der Waals surface area contributed by atoms with Crippen molar-refractivity contribution in [1.82, 2.24) is 4.98 Å². The summed E-state index contributed by atoms with van der Waals surface area (Å²) in [6.45, 7) is 18.9. The number of carboxylic acid groups (broad SMARTS) is 1. The molecule has 1 heterocycles. The van der Waals surface area contributed by atoms with Crippen LogP contribution in [0.15, 0.2) is 30.3 Å². The monoisotopic (exact) mass is 571 g/mol. The average molecular weight is 572 g/mol. The summed E-state index contributed by atoms with van der Waals surface area (Å²) in [6.07, 6.45) is 2.25. The molecule has 0 unspecified atom stereocenters. The first kappa shape index (κ1) is 33.5. The molecule has 0 amide bonds. The molecule has 0 spiro atoms. The van der Waals surface area contributed by atoms with Crippen LogP contribution in [0.3, 0.4) is 0 Å². The number of benzene rings is 1. The van der Waals surface area contributed by atoms with E-state index in [-0.39, 0.29) is 41.3 Å². The van der Waals surface area contributed by atoms with Crippen LogP contribution in [0, 0.1) is 5.82 Å². The maximum atomic E-state index is 13.9. The largest absolute Gasteiger partial charge is 0.481 e. The molecule has 0 aliphatic heterocycles. The minimum Gasteiger partial charge on any atom is -0.481 e. The minimum absolute atomic E-state index is 0.0410. The Bertz CT molecular complexity index is 1210. The molecule has 2 aromatic rings. The van der Waals surface area contributed by atoms with Gasteiger partial charge in [-0.15, -0.1) is 0 Å². The lowest BCUT2D eigenvalue weighted by Crippen LogP contribution is -2.44. The molecule has 220 valence electrons. The molecule has 0 radical (unpaired) electrons. The van der Waals surface area contributed by atoms with E-state index in [0.29, 0.717) is 6.61 Å². The zero-order chi connectivity index (χ0) is 30.4. The Morgan fingerprint density at radius 1 is 1.02 bits per heavy atom. The number of rotatable bonds is 13. The number of ketones is 1. The van der Waals surface area contributed by atoms with Crippen molar-refractivity contribution in [2.75, 3.05) is 7.11 Å². The molecule has 40 heavy (non-hydrogen) atoms. The number of pyridine rings is 1. The van der Waals surface area contributed by atoms with E-state index in [2.05, 4.69) is 34.6 Å². The molecule has 0 saturated heterocycles. The minimum atomic E-state index is -2.30. The zero-order valence-corrected chi connectivity index (χ0v) is 26.7. The number of methoxy groups -OCH3 is 1. The Morgan fingerprint density at radius 2 is 1.60 bits per heavy atom. The highest BCUT2D eigenvalue weighted by molar-refractivity contribution is 6.74. The fourth-order valence-electron chi connectivity index (χ4n) is 4.41. The number of carbonyl (C=O) groups excluding carboxylic acids is 1. The fraction of sp³-hybridized carbons (Fsp3) is 0.531. The van der Waals surface area contributed by atoms with E-state index in [1.807, 2.05) is 26.9 Å². The second kappa shape index (κ2) is 13.8. The van der Waals surface area contributed by atoms with Crippen LogP contribution in [0.1, 0.15) is 95.7 Å². The molecular weight excluding hydrogens is 525 g/mol. The van der Waals surface area contributed by atoms with E-state index in [9.17, 15) is 19.1 Å². The summed E-state index contributed by atoms with van der Waals surface area (Å²) in [4.78, 5) is 29.9. The van der Waals surface area contributed by atoms with Gasteiger partial charge in [0.1, 0.15) is 5.82 Å². The average Bonchev–Trinajstić information content (AvgIpc) is 2.81. The molecule has 0 saturated carbocycles. The van der Waals surface area contributed by atoms with Crippen molar-refractivity contribution >= 4 is 26.1 Å². The van der Waals surface area contributed by atoms with Gasteiger partial charge in [0.2, 0.25) is 0 Å². The lowest BCUT2D eigenvalue weighted by molar-refractivity contribution is -0.139. The first-order valence-corrected chi connectivity index (χ1v) is 16.8. The van der Waals surface area contributed by atoms with Crippen molar-refractivity contribution in [2.24, 2.45) is 0 Å². The summed E-state index contributed by atoms with van der Waals surface area (Å²) in [5.74, 6) is -1.40. The highest BCUT2D eigenvalue weighted by Gasteiger charge is 2.39. The van der Waals surface area contributed by atoms with E-state index >= 15 is 0 Å². The van der Waals surface area contributed by atoms with E-state index in [1.165, 1.54) is 18.2 Å². The van der Waals surface area contributed by atoms with E-state index in [4.69, 9.17) is 14.1 Å². The van der Waals surface area contributed by atoms with Crippen LogP contribution in [0.5, 0.6) is 0 Å². The van der Waals surface area contributed by atoms with Crippen LogP contribution in [0.2, 0.25) is 18.1 Å². The Hall–Kier alpha value is -2.68. The Morgan fingerprint density at radius 3 is 2.08 bits per heavy atom. The van der Waals surface area contributed by atoms with E-state index in [0.717, 1.165) is 33.6 Å². The van der Waals surface area contributed by atoms with E-state index < -0.39 is 20.4 Å². The second-order valence-corrected chi connectivity index (χ2v) is 17.3. The molecular formula is C32H46FNO5Si. The van der Waals surface area contributed by atoms with Crippen LogP contribution in [0.25, 0.3) is 17.2 Å². The summed E-state index contributed by atoms with van der Waals surface area (Å²) < 4.78 is 25.8. The highest BCUT2D eigenvalue weighted by atomic mass is 28.4. The SMILES string of the molecule is COCc1c(C(C)C)nc(C(C)C)c(/C=C/C(=O)C[C@H](CC(=O)O)O[Si](C)(C)C(C)(C)C)c1-c1ccc(F)cc1. The van der Waals surface area contributed by atoms with Gasteiger partial charge in [0.15, 0.2) is 14.1 Å². The van der Waals surface area contributed by atoms with Gasteiger partial charge in [-0.05, 0) is 65.4 Å². The van der Waals surface area contributed by atoms with Gasteiger partial charge < -0.3 is 14.3 Å². The van der Waals surface area contributed by atoms with Crippen molar-refractivity contribution in [3.8, 4) is 11.1 Å². The van der Waals surface area contributed by atoms with Crippen molar-refractivity contribution in [3.05, 3.63) is 58.7 Å². The molecule has 6 nitrogen and oxygen atoms in total. The number of nitrogens with zero attached hydrogens (tertiary/aromatic N) is 1. The first-order valence-electron chi connectivity index (χ1n) is 13.9. The van der Waals surface area contributed by atoms with Crippen LogP contribution >= 0.6 is 0 Å². The van der Waals surface area contributed by atoms with Gasteiger partial charge >= 0.3 is 5.97 Å². The van der Waals surface area contributed by atoms with E-state index in [1.54, 1.807) is 25.3 Å². The summed E-state index contributed by atoms with van der Waals surface area (Å²) in [5, 5.41) is 9.37. The molecule has 1 atom stereocenters. The van der Waals surface area contributed by atoms with Gasteiger partial charge in [-0.25, -0.2) is 4.39 Å².